The summed E-state index contributed by atoms with van der Waals surface area (Å²) < 4.78 is 5.57. The van der Waals surface area contributed by atoms with Crippen molar-refractivity contribution in [2.24, 2.45) is 5.92 Å². The monoisotopic (exact) mass is 485 g/mol. The number of hydrogen-bond donors (Lipinski definition) is 1. The van der Waals surface area contributed by atoms with Crippen molar-refractivity contribution in [3.05, 3.63) is 105 Å². The fourth-order valence-corrected chi connectivity index (χ4v) is 6.07. The molecule has 3 aromatic carbocycles. The topological polar surface area (TPSA) is 107 Å². The van der Waals surface area contributed by atoms with Gasteiger partial charge in [-0.1, -0.05) is 43.3 Å². The molecule has 0 aromatic heterocycles. The van der Waals surface area contributed by atoms with Crippen molar-refractivity contribution >= 4 is 17.4 Å². The van der Waals surface area contributed by atoms with Gasteiger partial charge in [0, 0.05) is 24.0 Å². The van der Waals surface area contributed by atoms with Gasteiger partial charge in [0.25, 0.3) is 5.69 Å². The van der Waals surface area contributed by atoms with E-state index < -0.39 is 16.5 Å². The molecule has 3 aromatic rings. The molecule has 5 rings (SSSR count). The summed E-state index contributed by atoms with van der Waals surface area (Å²) in [6, 6.07) is 20.0. The predicted molar refractivity (Wildman–Crippen MR) is 133 cm³/mol. The molecule has 0 radical (unpaired) electrons. The summed E-state index contributed by atoms with van der Waals surface area (Å²) in [6.45, 7) is 2.09. The van der Waals surface area contributed by atoms with Gasteiger partial charge in [-0.2, -0.15) is 0 Å². The molecule has 1 saturated carbocycles. The molecule has 0 bridgehead atoms. The average molecular weight is 486 g/mol. The highest BCUT2D eigenvalue weighted by molar-refractivity contribution is 5.92. The lowest BCUT2D eigenvalue weighted by Gasteiger charge is -2.52. The van der Waals surface area contributed by atoms with Crippen LogP contribution in [0.1, 0.15) is 59.7 Å². The minimum Gasteiger partial charge on any atom is -0.423 e. The number of rotatable bonds is 5. The summed E-state index contributed by atoms with van der Waals surface area (Å²) in [5.74, 6) is -0.214. The number of ketones is 1. The summed E-state index contributed by atoms with van der Waals surface area (Å²) in [6.07, 6.45) is 2.99. The number of non-ortho nitro benzene ring substituents is 1. The van der Waals surface area contributed by atoms with Crippen LogP contribution in [0.15, 0.2) is 72.8 Å². The molecule has 7 heteroatoms. The molecule has 3 atom stereocenters. The number of aliphatic hydroxyl groups is 1. The average Bonchev–Trinajstić information content (AvgIpc) is 2.90. The Balaban J connectivity index is 1.40. The quantitative estimate of drug-likeness (QED) is 0.228. The SMILES string of the molecule is CCC12CC(=O)C(O)(c3ccccc3)CC1CCc1cc(OC(=O)c3ccc([N+](=O)[O-])cc3)ccc12. The molecule has 7 nitrogen and oxygen atoms in total. The van der Waals surface area contributed by atoms with E-state index in [-0.39, 0.29) is 34.8 Å². The first-order valence-corrected chi connectivity index (χ1v) is 12.2. The van der Waals surface area contributed by atoms with Crippen LogP contribution in [-0.4, -0.2) is 21.8 Å². The summed E-state index contributed by atoms with van der Waals surface area (Å²) in [4.78, 5) is 36.3. The van der Waals surface area contributed by atoms with Crippen molar-refractivity contribution in [1.29, 1.82) is 0 Å². The van der Waals surface area contributed by atoms with Crippen LogP contribution in [0, 0.1) is 16.0 Å². The Bertz CT molecular complexity index is 1340. The second-order valence-corrected chi connectivity index (χ2v) is 9.79. The predicted octanol–water partition coefficient (Wildman–Crippen LogP) is 5.27. The van der Waals surface area contributed by atoms with Crippen LogP contribution in [0.4, 0.5) is 5.69 Å². The van der Waals surface area contributed by atoms with Gasteiger partial charge in [-0.25, -0.2) is 4.79 Å². The minimum atomic E-state index is -1.47. The van der Waals surface area contributed by atoms with E-state index in [4.69, 9.17) is 4.74 Å². The number of hydrogen-bond acceptors (Lipinski definition) is 6. The molecule has 0 aliphatic heterocycles. The van der Waals surface area contributed by atoms with E-state index in [2.05, 4.69) is 6.92 Å². The maximum absolute atomic E-state index is 13.4. The van der Waals surface area contributed by atoms with Crippen molar-refractivity contribution in [3.8, 4) is 5.75 Å². The van der Waals surface area contributed by atoms with Crippen LogP contribution in [0.3, 0.4) is 0 Å². The van der Waals surface area contributed by atoms with E-state index in [9.17, 15) is 24.8 Å². The Morgan fingerprint density at radius 2 is 1.83 bits per heavy atom. The number of fused-ring (bicyclic) bond motifs is 3. The molecule has 1 N–H and O–H groups in total. The third-order valence-electron chi connectivity index (χ3n) is 8.04. The van der Waals surface area contributed by atoms with E-state index >= 15 is 0 Å². The van der Waals surface area contributed by atoms with Gasteiger partial charge in [0.05, 0.1) is 10.5 Å². The molecule has 2 aliphatic rings. The van der Waals surface area contributed by atoms with Crippen molar-refractivity contribution in [3.63, 3.8) is 0 Å². The number of Topliss-reactive ketones (excluding diaryl/α,β-unsaturated/α-hetero) is 1. The Morgan fingerprint density at radius 1 is 1.11 bits per heavy atom. The summed E-state index contributed by atoms with van der Waals surface area (Å²) in [5.41, 5.74) is 1.07. The van der Waals surface area contributed by atoms with Crippen LogP contribution in [0.25, 0.3) is 0 Å². The highest BCUT2D eigenvalue weighted by atomic mass is 16.6. The van der Waals surface area contributed by atoms with Gasteiger partial charge < -0.3 is 9.84 Å². The Kier molecular flexibility index (Phi) is 5.96. The lowest BCUT2D eigenvalue weighted by Crippen LogP contribution is -2.54. The fraction of sp³-hybridized carbons (Fsp3) is 0.310. The van der Waals surface area contributed by atoms with Crippen LogP contribution in [0.5, 0.6) is 5.75 Å². The van der Waals surface area contributed by atoms with E-state index in [1.165, 1.54) is 24.3 Å². The van der Waals surface area contributed by atoms with E-state index in [1.54, 1.807) is 6.07 Å². The van der Waals surface area contributed by atoms with Crippen LogP contribution in [-0.2, 0) is 22.2 Å². The number of ether oxygens (including phenoxy) is 1. The number of carbonyl (C=O) groups is 2. The molecule has 184 valence electrons. The second kappa shape index (κ2) is 8.99. The number of nitro benzene ring substituents is 1. The first-order chi connectivity index (χ1) is 17.3. The lowest BCUT2D eigenvalue weighted by atomic mass is 9.52. The molecule has 3 unspecified atom stereocenters. The molecule has 0 saturated heterocycles. The highest BCUT2D eigenvalue weighted by Crippen LogP contribution is 2.55. The van der Waals surface area contributed by atoms with Crippen LogP contribution >= 0.6 is 0 Å². The number of nitro groups is 1. The Hall–Kier alpha value is -3.84. The largest absolute Gasteiger partial charge is 0.423 e. The smallest absolute Gasteiger partial charge is 0.343 e. The van der Waals surface area contributed by atoms with Gasteiger partial charge >= 0.3 is 5.97 Å². The number of carbonyl (C=O) groups excluding carboxylic acids is 2. The molecule has 0 heterocycles. The fourth-order valence-electron chi connectivity index (χ4n) is 6.07. The number of nitrogens with zero attached hydrogens (tertiary/aromatic N) is 1. The van der Waals surface area contributed by atoms with Gasteiger partial charge in [0.15, 0.2) is 5.78 Å². The first-order valence-electron chi connectivity index (χ1n) is 12.2. The normalized spacial score (nSPS) is 24.9. The number of aryl methyl sites for hydroxylation is 1. The summed E-state index contributed by atoms with van der Waals surface area (Å²) >= 11 is 0. The van der Waals surface area contributed by atoms with Crippen molar-refractivity contribution in [2.45, 2.75) is 50.0 Å². The van der Waals surface area contributed by atoms with E-state index in [0.717, 1.165) is 30.4 Å². The minimum absolute atomic E-state index is 0.0964. The van der Waals surface area contributed by atoms with Crippen molar-refractivity contribution < 1.29 is 24.4 Å². The molecular formula is C29H27NO6. The standard InChI is InChI=1S/C29H27NO6/c1-2-28-18-26(31)29(33,21-6-4-3-5-7-21)17-22(28)11-8-20-16-24(14-15-25(20)28)36-27(32)19-9-12-23(13-10-19)30(34)35/h3-7,9-10,12-16,22,33H,2,8,11,17-18H2,1H3. The zero-order valence-corrected chi connectivity index (χ0v) is 20.0. The third-order valence-corrected chi connectivity index (χ3v) is 8.04. The van der Waals surface area contributed by atoms with Gasteiger partial charge in [-0.3, -0.25) is 14.9 Å². The van der Waals surface area contributed by atoms with Crippen molar-refractivity contribution in [2.75, 3.05) is 0 Å². The first kappa shape index (κ1) is 23.9. The highest BCUT2D eigenvalue weighted by Gasteiger charge is 2.55. The zero-order chi connectivity index (χ0) is 25.5. The van der Waals surface area contributed by atoms with Gasteiger partial charge in [0.1, 0.15) is 11.4 Å². The Labute approximate surface area is 208 Å². The molecule has 0 spiro atoms. The van der Waals surface area contributed by atoms with E-state index in [0.29, 0.717) is 17.7 Å². The van der Waals surface area contributed by atoms with Crippen LogP contribution in [0.2, 0.25) is 0 Å². The molecule has 36 heavy (non-hydrogen) atoms. The van der Waals surface area contributed by atoms with Crippen LogP contribution < -0.4 is 4.74 Å². The zero-order valence-electron chi connectivity index (χ0n) is 20.0. The maximum atomic E-state index is 13.4. The third kappa shape index (κ3) is 3.89. The molecule has 1 fully saturated rings. The maximum Gasteiger partial charge on any atom is 0.343 e. The van der Waals surface area contributed by atoms with Crippen molar-refractivity contribution in [1.82, 2.24) is 0 Å². The molecule has 2 aliphatic carbocycles. The summed E-state index contributed by atoms with van der Waals surface area (Å²) in [5, 5.41) is 22.3. The number of benzene rings is 3. The second-order valence-electron chi connectivity index (χ2n) is 9.79. The van der Waals surface area contributed by atoms with Gasteiger partial charge in [0.2, 0.25) is 0 Å². The lowest BCUT2D eigenvalue weighted by molar-refractivity contribution is -0.384. The molecular weight excluding hydrogens is 458 g/mol. The Morgan fingerprint density at radius 3 is 2.50 bits per heavy atom. The van der Waals surface area contributed by atoms with Gasteiger partial charge in [-0.15, -0.1) is 0 Å². The van der Waals surface area contributed by atoms with Gasteiger partial charge in [-0.05, 0) is 72.6 Å². The summed E-state index contributed by atoms with van der Waals surface area (Å²) in [7, 11) is 0. The number of esters is 1. The molecule has 0 amide bonds. The van der Waals surface area contributed by atoms with E-state index in [1.807, 2.05) is 42.5 Å².